The Morgan fingerprint density at radius 1 is 1.25 bits per heavy atom. The predicted octanol–water partition coefficient (Wildman–Crippen LogP) is 3.66. The standard InChI is InChI=1S/C17H26BF3N2O/c1-4-5-16(14-6-8-15(9-7-14)17(19,20)21)23-11-10-22(18(3)24)12-13(23)2/h6-9,13,16,24H,4-5,10-12H2,1-3H3. The molecule has 1 aromatic carbocycles. The van der Waals surface area contributed by atoms with Crippen LogP contribution < -0.4 is 0 Å². The molecule has 2 atom stereocenters. The van der Waals surface area contributed by atoms with E-state index in [-0.39, 0.29) is 12.1 Å². The number of halogens is 3. The number of alkyl halides is 3. The first-order valence-corrected chi connectivity index (χ1v) is 8.59. The molecule has 3 nitrogen and oxygen atoms in total. The van der Waals surface area contributed by atoms with Crippen molar-refractivity contribution in [3.63, 3.8) is 0 Å². The average molecular weight is 342 g/mol. The van der Waals surface area contributed by atoms with Gasteiger partial charge in [-0.3, -0.25) is 4.90 Å². The van der Waals surface area contributed by atoms with Crippen molar-refractivity contribution < 1.29 is 18.2 Å². The van der Waals surface area contributed by atoms with Gasteiger partial charge in [0.15, 0.2) is 0 Å². The maximum absolute atomic E-state index is 12.8. The lowest BCUT2D eigenvalue weighted by Crippen LogP contribution is -2.56. The zero-order valence-corrected chi connectivity index (χ0v) is 14.6. The Kier molecular flexibility index (Phi) is 6.34. The SMILES string of the molecule is CCCC(c1ccc(C(F)(F)F)cc1)N1CCN(B(C)O)CC1C. The molecule has 7 heteroatoms. The molecule has 134 valence electrons. The maximum atomic E-state index is 12.8. The molecule has 1 fully saturated rings. The van der Waals surface area contributed by atoms with Gasteiger partial charge in [-0.15, -0.1) is 0 Å². The Labute approximate surface area is 142 Å². The van der Waals surface area contributed by atoms with E-state index in [2.05, 4.69) is 18.7 Å². The number of nitrogens with zero attached hydrogens (tertiary/aromatic N) is 2. The van der Waals surface area contributed by atoms with E-state index in [1.165, 1.54) is 12.1 Å². The Balaban J connectivity index is 2.17. The predicted molar refractivity (Wildman–Crippen MR) is 90.7 cm³/mol. The van der Waals surface area contributed by atoms with Gasteiger partial charge in [0.25, 0.3) is 0 Å². The van der Waals surface area contributed by atoms with Crippen LogP contribution in [0, 0.1) is 0 Å². The van der Waals surface area contributed by atoms with Crippen LogP contribution in [-0.2, 0) is 6.18 Å². The summed E-state index contributed by atoms with van der Waals surface area (Å²) in [5.41, 5.74) is 0.329. The molecule has 0 saturated carbocycles. The summed E-state index contributed by atoms with van der Waals surface area (Å²) in [6.07, 6.45) is -2.42. The fraction of sp³-hybridized carbons (Fsp3) is 0.647. The number of rotatable bonds is 5. The topological polar surface area (TPSA) is 26.7 Å². The smallest absolute Gasteiger partial charge is 0.416 e. The molecule has 24 heavy (non-hydrogen) atoms. The summed E-state index contributed by atoms with van der Waals surface area (Å²) in [5.74, 6) is 0. The van der Waals surface area contributed by atoms with Crippen molar-refractivity contribution in [3.05, 3.63) is 35.4 Å². The highest BCUT2D eigenvalue weighted by atomic mass is 19.4. The van der Waals surface area contributed by atoms with Crippen LogP contribution in [0.3, 0.4) is 0 Å². The first kappa shape index (κ1) is 19.3. The van der Waals surface area contributed by atoms with Gasteiger partial charge in [-0.1, -0.05) is 25.5 Å². The van der Waals surface area contributed by atoms with Crippen LogP contribution in [0.15, 0.2) is 24.3 Å². The molecule has 0 bridgehead atoms. The average Bonchev–Trinajstić information content (AvgIpc) is 2.52. The molecule has 1 aliphatic heterocycles. The second-order valence-corrected chi connectivity index (χ2v) is 6.64. The van der Waals surface area contributed by atoms with Crippen molar-refractivity contribution in [2.75, 3.05) is 19.6 Å². The Bertz CT molecular complexity index is 522. The van der Waals surface area contributed by atoms with Gasteiger partial charge >= 0.3 is 13.2 Å². The second kappa shape index (κ2) is 7.89. The first-order valence-electron chi connectivity index (χ1n) is 8.59. The van der Waals surface area contributed by atoms with E-state index < -0.39 is 18.8 Å². The van der Waals surface area contributed by atoms with Crippen LogP contribution in [0.2, 0.25) is 6.82 Å². The van der Waals surface area contributed by atoms with Gasteiger partial charge < -0.3 is 9.83 Å². The van der Waals surface area contributed by atoms with Gasteiger partial charge in [-0.25, -0.2) is 0 Å². The zero-order chi connectivity index (χ0) is 17.9. The maximum Gasteiger partial charge on any atom is 0.416 e. The minimum absolute atomic E-state index is 0.114. The minimum Gasteiger partial charge on any atom is -0.437 e. The molecule has 0 spiro atoms. The third-order valence-corrected chi connectivity index (χ3v) is 4.82. The van der Waals surface area contributed by atoms with Crippen LogP contribution in [-0.4, -0.2) is 47.5 Å². The van der Waals surface area contributed by atoms with Crippen LogP contribution in [0.25, 0.3) is 0 Å². The minimum atomic E-state index is -4.30. The highest BCUT2D eigenvalue weighted by Gasteiger charge is 2.33. The van der Waals surface area contributed by atoms with Crippen molar-refractivity contribution in [1.82, 2.24) is 9.71 Å². The Morgan fingerprint density at radius 2 is 1.88 bits per heavy atom. The third kappa shape index (κ3) is 4.52. The lowest BCUT2D eigenvalue weighted by molar-refractivity contribution is -0.137. The van der Waals surface area contributed by atoms with Gasteiger partial charge in [0, 0.05) is 31.7 Å². The van der Waals surface area contributed by atoms with E-state index in [1.54, 1.807) is 19.0 Å². The summed E-state index contributed by atoms with van der Waals surface area (Å²) in [6, 6.07) is 5.92. The highest BCUT2D eigenvalue weighted by molar-refractivity contribution is 6.45. The molecule has 1 N–H and O–H groups in total. The monoisotopic (exact) mass is 342 g/mol. The summed E-state index contributed by atoms with van der Waals surface area (Å²) in [5, 5.41) is 9.75. The molecule has 2 rings (SSSR count). The number of piperazine rings is 1. The molecule has 1 heterocycles. The van der Waals surface area contributed by atoms with E-state index in [0.29, 0.717) is 0 Å². The molecule has 1 aromatic rings. The van der Waals surface area contributed by atoms with E-state index in [0.717, 1.165) is 38.0 Å². The third-order valence-electron chi connectivity index (χ3n) is 4.82. The normalized spacial score (nSPS) is 21.7. The molecule has 0 aromatic heterocycles. The quantitative estimate of drug-likeness (QED) is 0.828. The van der Waals surface area contributed by atoms with Crippen LogP contribution >= 0.6 is 0 Å². The van der Waals surface area contributed by atoms with Crippen molar-refractivity contribution in [2.24, 2.45) is 0 Å². The summed E-state index contributed by atoms with van der Waals surface area (Å²) >= 11 is 0. The number of hydrogen-bond acceptors (Lipinski definition) is 3. The van der Waals surface area contributed by atoms with E-state index in [1.807, 2.05) is 4.81 Å². The molecule has 1 saturated heterocycles. The largest absolute Gasteiger partial charge is 0.437 e. The van der Waals surface area contributed by atoms with Crippen molar-refractivity contribution in [2.45, 2.75) is 51.8 Å². The van der Waals surface area contributed by atoms with Crippen LogP contribution in [0.5, 0.6) is 0 Å². The lowest BCUT2D eigenvalue weighted by atomic mass is 9.83. The Morgan fingerprint density at radius 3 is 2.33 bits per heavy atom. The van der Waals surface area contributed by atoms with Gasteiger partial charge in [-0.2, -0.15) is 13.2 Å². The zero-order valence-electron chi connectivity index (χ0n) is 14.6. The molecular formula is C17H26BF3N2O. The van der Waals surface area contributed by atoms with Crippen LogP contribution in [0.4, 0.5) is 13.2 Å². The summed E-state index contributed by atoms with van der Waals surface area (Å²) in [6.45, 7) is 8.30. The Hall–Kier alpha value is -1.05. The van der Waals surface area contributed by atoms with Gasteiger partial charge in [0.2, 0.25) is 0 Å². The summed E-state index contributed by atoms with van der Waals surface area (Å²) < 4.78 is 38.3. The molecule has 2 unspecified atom stereocenters. The lowest BCUT2D eigenvalue weighted by Gasteiger charge is -2.44. The summed E-state index contributed by atoms with van der Waals surface area (Å²) in [4.78, 5) is 4.38. The van der Waals surface area contributed by atoms with Crippen molar-refractivity contribution in [1.29, 1.82) is 0 Å². The molecule has 1 aliphatic rings. The highest BCUT2D eigenvalue weighted by Crippen LogP contribution is 2.33. The van der Waals surface area contributed by atoms with E-state index in [4.69, 9.17) is 0 Å². The van der Waals surface area contributed by atoms with E-state index >= 15 is 0 Å². The van der Waals surface area contributed by atoms with E-state index in [9.17, 15) is 18.2 Å². The summed E-state index contributed by atoms with van der Waals surface area (Å²) in [7, 11) is -0.467. The first-order chi connectivity index (χ1) is 11.2. The number of benzene rings is 1. The molecule has 0 amide bonds. The van der Waals surface area contributed by atoms with Gasteiger partial charge in [0.05, 0.1) is 5.56 Å². The number of hydrogen-bond donors (Lipinski definition) is 1. The van der Waals surface area contributed by atoms with Crippen LogP contribution in [0.1, 0.15) is 43.9 Å². The van der Waals surface area contributed by atoms with Crippen molar-refractivity contribution >= 4 is 7.05 Å². The second-order valence-electron chi connectivity index (χ2n) is 6.64. The molecule has 0 radical (unpaired) electrons. The van der Waals surface area contributed by atoms with Gasteiger partial charge in [0.1, 0.15) is 0 Å². The van der Waals surface area contributed by atoms with Gasteiger partial charge in [-0.05, 0) is 37.9 Å². The molecular weight excluding hydrogens is 316 g/mol. The molecule has 0 aliphatic carbocycles. The van der Waals surface area contributed by atoms with Crippen molar-refractivity contribution in [3.8, 4) is 0 Å². The fourth-order valence-electron chi connectivity index (χ4n) is 3.49. The fourth-order valence-corrected chi connectivity index (χ4v) is 3.49.